The summed E-state index contributed by atoms with van der Waals surface area (Å²) in [4.78, 5) is 6.97. The van der Waals surface area contributed by atoms with E-state index in [1.165, 1.54) is 33.4 Å². The summed E-state index contributed by atoms with van der Waals surface area (Å²) < 4.78 is 1.94. The molecule has 5 aromatic rings. The maximum absolute atomic E-state index is 4.83. The topological polar surface area (TPSA) is 46.3 Å². The Morgan fingerprint density at radius 1 is 0.839 bits per heavy atom. The summed E-state index contributed by atoms with van der Waals surface area (Å²) in [5.74, 6) is 1.46. The first-order valence-electron chi connectivity index (χ1n) is 10.4. The van der Waals surface area contributed by atoms with Gasteiger partial charge < -0.3 is 4.90 Å². The van der Waals surface area contributed by atoms with E-state index in [0.29, 0.717) is 5.78 Å². The van der Waals surface area contributed by atoms with Gasteiger partial charge in [0.05, 0.1) is 5.52 Å². The van der Waals surface area contributed by atoms with Gasteiger partial charge in [-0.15, -0.1) is 10.2 Å². The summed E-state index contributed by atoms with van der Waals surface area (Å²) in [6.45, 7) is 8.60. The lowest BCUT2D eigenvalue weighted by Gasteiger charge is -2.22. The van der Waals surface area contributed by atoms with Gasteiger partial charge in [0.2, 0.25) is 0 Å². The van der Waals surface area contributed by atoms with E-state index in [1.807, 2.05) is 4.40 Å². The zero-order valence-electron chi connectivity index (χ0n) is 18.5. The first-order valence-corrected chi connectivity index (χ1v) is 10.4. The number of hydrogen-bond donors (Lipinski definition) is 0. The van der Waals surface area contributed by atoms with E-state index in [9.17, 15) is 0 Å². The fourth-order valence-corrected chi connectivity index (χ4v) is 4.54. The van der Waals surface area contributed by atoms with Crippen molar-refractivity contribution in [3.8, 4) is 11.1 Å². The number of aromatic nitrogens is 4. The van der Waals surface area contributed by atoms with Gasteiger partial charge in [-0.2, -0.15) is 4.98 Å². The molecule has 154 valence electrons. The zero-order valence-corrected chi connectivity index (χ0v) is 18.5. The van der Waals surface area contributed by atoms with Crippen LogP contribution in [0.15, 0.2) is 60.9 Å². The molecule has 0 atom stereocenters. The van der Waals surface area contributed by atoms with Crippen LogP contribution in [0.3, 0.4) is 0 Å². The van der Waals surface area contributed by atoms with Crippen molar-refractivity contribution < 1.29 is 0 Å². The lowest BCUT2D eigenvalue weighted by Crippen LogP contribution is -2.13. The van der Waals surface area contributed by atoms with E-state index in [-0.39, 0.29) is 0 Å². The van der Waals surface area contributed by atoms with Crippen molar-refractivity contribution in [1.29, 1.82) is 0 Å². The third-order valence-corrected chi connectivity index (χ3v) is 5.91. The molecule has 0 aliphatic heterocycles. The minimum Gasteiger partial charge on any atom is -0.329 e. The highest BCUT2D eigenvalue weighted by atomic mass is 15.3. The second-order valence-corrected chi connectivity index (χ2v) is 8.34. The maximum atomic E-state index is 4.83. The van der Waals surface area contributed by atoms with E-state index < -0.39 is 0 Å². The molecule has 0 bridgehead atoms. The Labute approximate surface area is 182 Å². The third-order valence-electron chi connectivity index (χ3n) is 5.91. The van der Waals surface area contributed by atoms with Crippen LogP contribution in [0.1, 0.15) is 22.3 Å². The lowest BCUT2D eigenvalue weighted by molar-refractivity contribution is 1.08. The highest BCUT2D eigenvalue weighted by Gasteiger charge is 2.16. The Morgan fingerprint density at radius 2 is 1.61 bits per heavy atom. The molecule has 2 heterocycles. The molecule has 0 fully saturated rings. The van der Waals surface area contributed by atoms with Crippen LogP contribution in [-0.4, -0.2) is 26.6 Å². The van der Waals surface area contributed by atoms with Crippen LogP contribution in [-0.2, 0) is 0 Å². The lowest BCUT2D eigenvalue weighted by atomic mass is 9.93. The molecule has 2 aromatic heterocycles. The normalized spacial score (nSPS) is 11.4. The fourth-order valence-electron chi connectivity index (χ4n) is 4.54. The number of anilines is 2. The summed E-state index contributed by atoms with van der Waals surface area (Å²) in [6, 6.07) is 19.5. The van der Waals surface area contributed by atoms with Crippen LogP contribution < -0.4 is 4.90 Å². The van der Waals surface area contributed by atoms with Gasteiger partial charge in [-0.25, -0.2) is 0 Å². The standard InChI is InChI=1S/C26H25N5/c1-16-9-10-22-23(13-16)31-15-27-29-26(31)28-25(22)30(5)21-8-6-7-20(14-21)24-18(3)11-17(2)12-19(24)4/h6-15H,1-5H3. The van der Waals surface area contributed by atoms with Gasteiger partial charge in [-0.05, 0) is 79.8 Å². The largest absolute Gasteiger partial charge is 0.329 e. The van der Waals surface area contributed by atoms with Gasteiger partial charge in [0.25, 0.3) is 5.78 Å². The van der Waals surface area contributed by atoms with E-state index in [4.69, 9.17) is 4.98 Å². The van der Waals surface area contributed by atoms with Gasteiger partial charge in [-0.1, -0.05) is 35.9 Å². The second kappa shape index (κ2) is 7.20. The second-order valence-electron chi connectivity index (χ2n) is 8.34. The van der Waals surface area contributed by atoms with Crippen molar-refractivity contribution in [1.82, 2.24) is 19.6 Å². The van der Waals surface area contributed by atoms with Gasteiger partial charge in [0.1, 0.15) is 12.1 Å². The molecule has 0 unspecified atom stereocenters. The molecule has 0 saturated heterocycles. The molecular formula is C26H25N5. The summed E-state index contributed by atoms with van der Waals surface area (Å²) in [5.41, 5.74) is 9.70. The molecule has 0 aliphatic rings. The predicted molar refractivity (Wildman–Crippen MR) is 127 cm³/mol. The molecule has 0 amide bonds. The highest BCUT2D eigenvalue weighted by Crippen LogP contribution is 2.34. The number of benzene rings is 3. The van der Waals surface area contributed by atoms with Gasteiger partial charge in [-0.3, -0.25) is 4.40 Å². The Morgan fingerprint density at radius 3 is 2.39 bits per heavy atom. The van der Waals surface area contributed by atoms with Crippen LogP contribution in [0, 0.1) is 27.7 Å². The monoisotopic (exact) mass is 407 g/mol. The summed E-state index contributed by atoms with van der Waals surface area (Å²) in [5, 5.41) is 9.34. The van der Waals surface area contributed by atoms with Gasteiger partial charge in [0.15, 0.2) is 0 Å². The van der Waals surface area contributed by atoms with Crippen LogP contribution in [0.4, 0.5) is 11.5 Å². The summed E-state index contributed by atoms with van der Waals surface area (Å²) in [6.07, 6.45) is 1.72. The van der Waals surface area contributed by atoms with Gasteiger partial charge >= 0.3 is 0 Å². The minimum atomic E-state index is 0.598. The van der Waals surface area contributed by atoms with E-state index in [2.05, 4.69) is 104 Å². The zero-order chi connectivity index (χ0) is 21.7. The quantitative estimate of drug-likeness (QED) is 0.371. The first-order chi connectivity index (χ1) is 14.9. The molecular weight excluding hydrogens is 382 g/mol. The fraction of sp³-hybridized carbons (Fsp3) is 0.192. The van der Waals surface area contributed by atoms with Crippen molar-refractivity contribution in [3.05, 3.63) is 83.2 Å². The number of fused-ring (bicyclic) bond motifs is 3. The molecule has 5 rings (SSSR count). The van der Waals surface area contributed by atoms with Crippen LogP contribution in [0.25, 0.3) is 27.8 Å². The molecule has 0 aliphatic carbocycles. The van der Waals surface area contributed by atoms with Gasteiger partial charge in [0, 0.05) is 18.1 Å². The molecule has 5 nitrogen and oxygen atoms in total. The van der Waals surface area contributed by atoms with E-state index in [0.717, 1.165) is 22.4 Å². The number of aryl methyl sites for hydroxylation is 4. The van der Waals surface area contributed by atoms with Crippen molar-refractivity contribution in [2.75, 3.05) is 11.9 Å². The van der Waals surface area contributed by atoms with Crippen LogP contribution in [0.5, 0.6) is 0 Å². The maximum Gasteiger partial charge on any atom is 0.257 e. The smallest absolute Gasteiger partial charge is 0.257 e. The molecule has 3 aromatic carbocycles. The summed E-state index contributed by atoms with van der Waals surface area (Å²) in [7, 11) is 2.06. The van der Waals surface area contributed by atoms with Crippen molar-refractivity contribution >= 4 is 28.2 Å². The summed E-state index contributed by atoms with van der Waals surface area (Å²) >= 11 is 0. The molecule has 0 saturated carbocycles. The van der Waals surface area contributed by atoms with E-state index >= 15 is 0 Å². The molecule has 31 heavy (non-hydrogen) atoms. The number of rotatable bonds is 3. The number of nitrogens with zero attached hydrogens (tertiary/aromatic N) is 5. The molecule has 5 heteroatoms. The van der Waals surface area contributed by atoms with Crippen LogP contribution >= 0.6 is 0 Å². The average molecular weight is 408 g/mol. The Kier molecular flexibility index (Phi) is 4.47. The highest BCUT2D eigenvalue weighted by molar-refractivity contribution is 5.94. The Bertz CT molecular complexity index is 1420. The van der Waals surface area contributed by atoms with Crippen molar-refractivity contribution in [2.45, 2.75) is 27.7 Å². The third kappa shape index (κ3) is 3.22. The minimum absolute atomic E-state index is 0.598. The number of hydrogen-bond acceptors (Lipinski definition) is 4. The SMILES string of the molecule is Cc1cc(C)c(-c2cccc(N(C)c3nc4nncn4c4cc(C)ccc34)c2)c(C)c1. The predicted octanol–water partition coefficient (Wildman–Crippen LogP) is 5.95. The Hall–Kier alpha value is -3.73. The average Bonchev–Trinajstić information content (AvgIpc) is 3.21. The first kappa shape index (κ1) is 19.2. The van der Waals surface area contributed by atoms with Crippen molar-refractivity contribution in [3.63, 3.8) is 0 Å². The van der Waals surface area contributed by atoms with Crippen molar-refractivity contribution in [2.24, 2.45) is 0 Å². The molecule has 0 N–H and O–H groups in total. The Balaban J connectivity index is 1.67. The molecule has 0 spiro atoms. The van der Waals surface area contributed by atoms with Crippen LogP contribution in [0.2, 0.25) is 0 Å². The van der Waals surface area contributed by atoms with E-state index in [1.54, 1.807) is 6.33 Å². The molecule has 0 radical (unpaired) electrons.